The minimum absolute atomic E-state index is 0.595. The van der Waals surface area contributed by atoms with Crippen LogP contribution in [0.1, 0.15) is 30.8 Å². The number of imidazole rings is 1. The highest BCUT2D eigenvalue weighted by atomic mass is 35.5. The van der Waals surface area contributed by atoms with Gasteiger partial charge in [-0.1, -0.05) is 29.8 Å². The van der Waals surface area contributed by atoms with Crippen molar-refractivity contribution in [3.8, 4) is 0 Å². The van der Waals surface area contributed by atoms with Gasteiger partial charge in [0.25, 0.3) is 5.22 Å². The number of fused-ring (bicyclic) bond motifs is 1. The smallest absolute Gasteiger partial charge is 0.277 e. The second-order valence-corrected chi connectivity index (χ2v) is 7.30. The maximum absolute atomic E-state index is 5.99. The Morgan fingerprint density at radius 3 is 2.88 bits per heavy atom. The minimum atomic E-state index is 0.595. The van der Waals surface area contributed by atoms with Crippen LogP contribution in [0.3, 0.4) is 0 Å². The molecule has 4 rings (SSSR count). The second-order valence-electron chi connectivity index (χ2n) is 5.93. The van der Waals surface area contributed by atoms with Crippen LogP contribution in [0.2, 0.25) is 5.02 Å². The lowest BCUT2D eigenvalue weighted by Crippen LogP contribution is -2.29. The Labute approximate surface area is 149 Å². The first-order chi connectivity index (χ1) is 11.8. The third-order valence-corrected chi connectivity index (χ3v) is 5.14. The maximum Gasteiger partial charge on any atom is 0.277 e. The van der Waals surface area contributed by atoms with Gasteiger partial charge < -0.3 is 8.82 Å². The first-order valence-corrected chi connectivity index (χ1v) is 9.43. The molecule has 0 radical (unpaired) electrons. The van der Waals surface area contributed by atoms with Crippen LogP contribution in [0, 0.1) is 0 Å². The number of rotatable bonds is 5. The van der Waals surface area contributed by atoms with Crippen LogP contribution in [-0.2, 0) is 12.3 Å². The summed E-state index contributed by atoms with van der Waals surface area (Å²) in [5.41, 5.74) is 1.84. The fourth-order valence-electron chi connectivity index (χ4n) is 2.89. The zero-order valence-corrected chi connectivity index (χ0v) is 14.8. The topological polar surface area (TPSA) is 59.5 Å². The van der Waals surface area contributed by atoms with Gasteiger partial charge in [-0.25, -0.2) is 4.98 Å². The molecule has 1 saturated heterocycles. The molecule has 6 nitrogen and oxygen atoms in total. The first kappa shape index (κ1) is 15.9. The molecule has 126 valence electrons. The van der Waals surface area contributed by atoms with E-state index in [-0.39, 0.29) is 0 Å². The Balaban J connectivity index is 1.36. The molecule has 3 aromatic rings. The van der Waals surface area contributed by atoms with E-state index >= 15 is 0 Å². The summed E-state index contributed by atoms with van der Waals surface area (Å²) in [5.74, 6) is 1.38. The molecule has 0 amide bonds. The predicted molar refractivity (Wildman–Crippen MR) is 93.2 cm³/mol. The molecule has 0 saturated carbocycles. The van der Waals surface area contributed by atoms with E-state index in [4.69, 9.17) is 16.0 Å². The van der Waals surface area contributed by atoms with E-state index in [2.05, 4.69) is 20.1 Å². The standard InChI is InChI=1S/C16H18ClN5OS/c17-12-4-5-14-18-13(9-22(14)8-12)11-24-16-20-19-15(23-16)10-21-6-2-1-3-7-21/h4-5,8-9H,1-3,6-7,10-11H2. The number of piperidine rings is 1. The first-order valence-electron chi connectivity index (χ1n) is 8.07. The van der Waals surface area contributed by atoms with Crippen LogP contribution in [0.25, 0.3) is 5.65 Å². The van der Waals surface area contributed by atoms with Crippen LogP contribution >= 0.6 is 23.4 Å². The summed E-state index contributed by atoms with van der Waals surface area (Å²) in [4.78, 5) is 6.93. The van der Waals surface area contributed by atoms with Gasteiger partial charge in [-0.3, -0.25) is 4.90 Å². The molecule has 0 aromatic carbocycles. The van der Waals surface area contributed by atoms with E-state index in [1.165, 1.54) is 31.0 Å². The van der Waals surface area contributed by atoms with Crippen molar-refractivity contribution in [3.63, 3.8) is 0 Å². The van der Waals surface area contributed by atoms with Gasteiger partial charge in [-0.15, -0.1) is 10.2 Å². The molecule has 0 spiro atoms. The molecule has 0 atom stereocenters. The van der Waals surface area contributed by atoms with E-state index < -0.39 is 0 Å². The zero-order chi connectivity index (χ0) is 16.4. The Kier molecular flexibility index (Phi) is 4.73. The highest BCUT2D eigenvalue weighted by Crippen LogP contribution is 2.23. The number of hydrogen-bond donors (Lipinski definition) is 0. The summed E-state index contributed by atoms with van der Waals surface area (Å²) in [5, 5.41) is 9.57. The SMILES string of the molecule is Clc1ccc2nc(CSc3nnc(CN4CCCCC4)o3)cn2c1. The van der Waals surface area contributed by atoms with E-state index in [0.717, 1.165) is 31.0 Å². The van der Waals surface area contributed by atoms with Gasteiger partial charge in [0.05, 0.1) is 17.3 Å². The molecule has 1 fully saturated rings. The second kappa shape index (κ2) is 7.13. The normalized spacial score (nSPS) is 16.0. The monoisotopic (exact) mass is 363 g/mol. The summed E-state index contributed by atoms with van der Waals surface area (Å²) >= 11 is 7.50. The van der Waals surface area contributed by atoms with Gasteiger partial charge >= 0.3 is 0 Å². The fraction of sp³-hybridized carbons (Fsp3) is 0.438. The van der Waals surface area contributed by atoms with Crippen LogP contribution in [0.5, 0.6) is 0 Å². The molecule has 0 unspecified atom stereocenters. The third-order valence-electron chi connectivity index (χ3n) is 4.06. The molecule has 1 aliphatic rings. The fourth-order valence-corrected chi connectivity index (χ4v) is 3.72. The number of pyridine rings is 1. The molecule has 3 aromatic heterocycles. The molecule has 0 N–H and O–H groups in total. The van der Waals surface area contributed by atoms with Crippen molar-refractivity contribution < 1.29 is 4.42 Å². The summed E-state index contributed by atoms with van der Waals surface area (Å²) in [7, 11) is 0. The average Bonchev–Trinajstić information content (AvgIpc) is 3.20. The van der Waals surface area contributed by atoms with Crippen molar-refractivity contribution in [2.24, 2.45) is 0 Å². The Morgan fingerprint density at radius 1 is 1.12 bits per heavy atom. The molecule has 0 bridgehead atoms. The number of aromatic nitrogens is 4. The Morgan fingerprint density at radius 2 is 2.00 bits per heavy atom. The lowest BCUT2D eigenvalue weighted by molar-refractivity contribution is 0.197. The van der Waals surface area contributed by atoms with Crippen LogP contribution in [0.4, 0.5) is 0 Å². The van der Waals surface area contributed by atoms with Crippen LogP contribution in [0.15, 0.2) is 34.2 Å². The number of thioether (sulfide) groups is 1. The van der Waals surface area contributed by atoms with Crippen LogP contribution in [-0.4, -0.2) is 37.6 Å². The summed E-state index contributed by atoms with van der Waals surface area (Å²) in [6.07, 6.45) is 7.66. The van der Waals surface area contributed by atoms with Crippen molar-refractivity contribution in [1.82, 2.24) is 24.5 Å². The molecular weight excluding hydrogens is 346 g/mol. The average molecular weight is 364 g/mol. The van der Waals surface area contributed by atoms with Crippen molar-refractivity contribution in [3.05, 3.63) is 41.1 Å². The molecule has 4 heterocycles. The maximum atomic E-state index is 5.99. The zero-order valence-electron chi connectivity index (χ0n) is 13.2. The molecular formula is C16H18ClN5OS. The van der Waals surface area contributed by atoms with Crippen LogP contribution < -0.4 is 0 Å². The van der Waals surface area contributed by atoms with Gasteiger partial charge in [0.15, 0.2) is 0 Å². The van der Waals surface area contributed by atoms with Crippen molar-refractivity contribution in [2.45, 2.75) is 36.8 Å². The lowest BCUT2D eigenvalue weighted by atomic mass is 10.1. The molecule has 24 heavy (non-hydrogen) atoms. The number of hydrogen-bond acceptors (Lipinski definition) is 6. The number of halogens is 1. The van der Waals surface area contributed by atoms with Gasteiger partial charge in [0.2, 0.25) is 5.89 Å². The van der Waals surface area contributed by atoms with E-state index in [1.807, 2.05) is 28.9 Å². The van der Waals surface area contributed by atoms with Gasteiger partial charge in [-0.2, -0.15) is 0 Å². The summed E-state index contributed by atoms with van der Waals surface area (Å²) < 4.78 is 7.67. The van der Waals surface area contributed by atoms with Gasteiger partial charge in [0.1, 0.15) is 5.65 Å². The Bertz CT molecular complexity index is 827. The molecule has 0 aliphatic carbocycles. The lowest BCUT2D eigenvalue weighted by Gasteiger charge is -2.24. The number of nitrogens with zero attached hydrogens (tertiary/aromatic N) is 5. The number of likely N-dealkylation sites (tertiary alicyclic amines) is 1. The molecule has 8 heteroatoms. The summed E-state index contributed by atoms with van der Waals surface area (Å²) in [6.45, 7) is 2.99. The van der Waals surface area contributed by atoms with E-state index in [9.17, 15) is 0 Å². The van der Waals surface area contributed by atoms with Gasteiger partial charge in [-0.05, 0) is 38.1 Å². The van der Waals surface area contributed by atoms with Gasteiger partial charge in [0, 0.05) is 18.1 Å². The predicted octanol–water partition coefficient (Wildman–Crippen LogP) is 3.65. The summed E-state index contributed by atoms with van der Waals surface area (Å²) in [6, 6.07) is 3.74. The highest BCUT2D eigenvalue weighted by Gasteiger charge is 2.15. The quantitative estimate of drug-likeness (QED) is 0.645. The van der Waals surface area contributed by atoms with E-state index in [0.29, 0.717) is 21.9 Å². The highest BCUT2D eigenvalue weighted by molar-refractivity contribution is 7.98. The van der Waals surface area contributed by atoms with Crippen molar-refractivity contribution in [1.29, 1.82) is 0 Å². The minimum Gasteiger partial charge on any atom is -0.415 e. The molecule has 1 aliphatic heterocycles. The van der Waals surface area contributed by atoms with Crippen molar-refractivity contribution >= 4 is 29.0 Å². The Hall–Kier alpha value is -1.57. The van der Waals surface area contributed by atoms with E-state index in [1.54, 1.807) is 0 Å². The van der Waals surface area contributed by atoms with Crippen molar-refractivity contribution in [2.75, 3.05) is 13.1 Å². The largest absolute Gasteiger partial charge is 0.415 e. The third kappa shape index (κ3) is 3.74.